The minimum Gasteiger partial charge on any atom is -0.195 e. The molecule has 32 heavy (non-hydrogen) atoms. The van der Waals surface area contributed by atoms with Crippen LogP contribution in [-0.2, 0) is 0 Å². The number of rotatable bonds is 3. The van der Waals surface area contributed by atoms with E-state index >= 15 is 0 Å². The monoisotopic (exact) mass is 408 g/mol. The molecule has 0 saturated carbocycles. The Morgan fingerprint density at radius 2 is 0.844 bits per heavy atom. The van der Waals surface area contributed by atoms with E-state index < -0.39 is 10.8 Å². The van der Waals surface area contributed by atoms with E-state index in [0.29, 0.717) is 0 Å². The molecule has 0 unspecified atom stereocenters. The molecule has 0 bridgehead atoms. The summed E-state index contributed by atoms with van der Waals surface area (Å²) in [7, 11) is 0. The molecule has 142 valence electrons. The number of allylic oxidation sites excluding steroid dienone is 12. The predicted molar refractivity (Wildman–Crippen MR) is 107 cm³/mol. The molecule has 0 spiro atoms. The minimum absolute atomic E-state index is 0.0231. The van der Waals surface area contributed by atoms with Crippen molar-refractivity contribution in [2.75, 3.05) is 0 Å². The van der Waals surface area contributed by atoms with E-state index in [9.17, 15) is 21.0 Å². The van der Waals surface area contributed by atoms with Gasteiger partial charge < -0.3 is 0 Å². The van der Waals surface area contributed by atoms with Crippen molar-refractivity contribution in [3.8, 4) is 48.6 Å². The summed E-state index contributed by atoms with van der Waals surface area (Å²) in [6.45, 7) is 0. The van der Waals surface area contributed by atoms with Gasteiger partial charge in [0.15, 0.2) is 24.3 Å². The summed E-state index contributed by atoms with van der Waals surface area (Å²) >= 11 is 0. The highest BCUT2D eigenvalue weighted by atomic mass is 14.6. The summed E-state index contributed by atoms with van der Waals surface area (Å²) in [5.41, 5.74) is -4.35. The van der Waals surface area contributed by atoms with Gasteiger partial charge in [-0.25, -0.2) is 0 Å². The molecule has 8 heteroatoms. The average molecular weight is 408 g/mol. The third-order valence-corrected chi connectivity index (χ3v) is 4.89. The van der Waals surface area contributed by atoms with Crippen LogP contribution in [0.3, 0.4) is 0 Å². The molecule has 0 radical (unpaired) electrons. The van der Waals surface area contributed by atoms with Crippen molar-refractivity contribution < 1.29 is 0 Å². The second kappa shape index (κ2) is 9.07. The maximum absolute atomic E-state index is 10.0. The van der Waals surface area contributed by atoms with Crippen molar-refractivity contribution in [1.82, 2.24) is 0 Å². The zero-order chi connectivity index (χ0) is 23.8. The van der Waals surface area contributed by atoms with Crippen LogP contribution in [-0.4, -0.2) is 0 Å². The van der Waals surface area contributed by atoms with E-state index in [4.69, 9.17) is 21.0 Å². The normalized spacial score (nSPS) is 13.9. The van der Waals surface area contributed by atoms with E-state index in [1.165, 1.54) is 49.3 Å². The number of nitrogens with zero attached hydrogens (tertiary/aromatic N) is 8. The molecule has 0 fully saturated rings. The Morgan fingerprint density at radius 1 is 0.531 bits per heavy atom. The molecule has 2 aliphatic carbocycles. The molecular formula is C24H8N8+2. The molecule has 0 atom stereocenters. The van der Waals surface area contributed by atoms with E-state index in [0.717, 1.165) is 0 Å². The second-order valence-electron chi connectivity index (χ2n) is 6.30. The fraction of sp³-hybridized carbons (Fsp3) is 0.0833. The minimum atomic E-state index is -2.27. The van der Waals surface area contributed by atoms with Crippen molar-refractivity contribution in [3.05, 3.63) is 82.7 Å². The zero-order valence-electron chi connectivity index (χ0n) is 16.2. The summed E-state index contributed by atoms with van der Waals surface area (Å²) in [5, 5.41) is 76.1. The van der Waals surface area contributed by atoms with Crippen LogP contribution in [0.5, 0.6) is 0 Å². The van der Waals surface area contributed by atoms with Gasteiger partial charge in [-0.1, -0.05) is 0 Å². The smallest absolute Gasteiger partial charge is 0.195 e. The Labute approximate surface area is 184 Å². The summed E-state index contributed by atoms with van der Waals surface area (Å²) < 4.78 is 0. The van der Waals surface area contributed by atoms with Crippen molar-refractivity contribution in [1.29, 1.82) is 42.1 Å². The first-order valence-corrected chi connectivity index (χ1v) is 8.68. The fourth-order valence-electron chi connectivity index (χ4n) is 3.16. The van der Waals surface area contributed by atoms with E-state index in [1.807, 2.05) is 0 Å². The van der Waals surface area contributed by atoms with Crippen LogP contribution >= 0.6 is 0 Å². The quantitative estimate of drug-likeness (QED) is 0.502. The van der Waals surface area contributed by atoms with Gasteiger partial charge in [-0.15, -0.1) is 0 Å². The Hall–Kier alpha value is -5.90. The van der Waals surface area contributed by atoms with Crippen molar-refractivity contribution in [2.45, 2.75) is 0 Å². The third-order valence-electron chi connectivity index (χ3n) is 4.89. The Morgan fingerprint density at radius 3 is 1.03 bits per heavy atom. The van der Waals surface area contributed by atoms with Gasteiger partial charge in [-0.05, 0) is 0 Å². The fourth-order valence-corrected chi connectivity index (χ4v) is 3.16. The van der Waals surface area contributed by atoms with Gasteiger partial charge >= 0.3 is 0 Å². The Balaban J connectivity index is 2.68. The van der Waals surface area contributed by atoms with E-state index in [1.54, 1.807) is 48.6 Å². The first-order valence-electron chi connectivity index (χ1n) is 8.68. The van der Waals surface area contributed by atoms with Crippen LogP contribution < -0.4 is 0 Å². The molecule has 0 N–H and O–H groups in total. The summed E-state index contributed by atoms with van der Waals surface area (Å²) in [4.78, 5) is 0. The maximum Gasteiger partial charge on any atom is 0.245 e. The highest BCUT2D eigenvalue weighted by Crippen LogP contribution is 2.51. The third kappa shape index (κ3) is 3.23. The Bertz CT molecular complexity index is 1230. The molecule has 0 saturated heterocycles. The van der Waals surface area contributed by atoms with E-state index in [2.05, 4.69) is 0 Å². The molecule has 0 aromatic rings. The van der Waals surface area contributed by atoms with Gasteiger partial charge in [0, 0.05) is 49.3 Å². The van der Waals surface area contributed by atoms with E-state index in [-0.39, 0.29) is 33.4 Å². The molecule has 2 rings (SSSR count). The lowest BCUT2D eigenvalue weighted by molar-refractivity contribution is 0.421. The lowest BCUT2D eigenvalue weighted by Crippen LogP contribution is -2.41. The molecule has 0 aromatic heterocycles. The second-order valence-corrected chi connectivity index (χ2v) is 6.30. The molecule has 2 aliphatic rings. The van der Waals surface area contributed by atoms with Crippen LogP contribution in [0.15, 0.2) is 69.9 Å². The maximum atomic E-state index is 10.0. The number of hydrogen-bond donors (Lipinski definition) is 0. The summed E-state index contributed by atoms with van der Waals surface area (Å²) in [6.07, 6.45) is 10.6. The van der Waals surface area contributed by atoms with Gasteiger partial charge in [0.25, 0.3) is 0 Å². The van der Waals surface area contributed by atoms with Gasteiger partial charge in [0.05, 0.1) is 11.1 Å². The highest BCUT2D eigenvalue weighted by Gasteiger charge is 2.63. The summed E-state index contributed by atoms with van der Waals surface area (Å²) in [5.74, 6) is 0. The highest BCUT2D eigenvalue weighted by molar-refractivity contribution is 5.64. The van der Waals surface area contributed by atoms with Crippen molar-refractivity contribution in [2.24, 2.45) is 10.8 Å². The molecule has 0 aromatic carbocycles. The van der Waals surface area contributed by atoms with Crippen LogP contribution in [0.4, 0.5) is 0 Å². The largest absolute Gasteiger partial charge is 0.245 e. The van der Waals surface area contributed by atoms with Crippen molar-refractivity contribution >= 4 is 0 Å². The topological polar surface area (TPSA) is 190 Å². The summed E-state index contributed by atoms with van der Waals surface area (Å²) in [6, 6.07) is 14.1. The molecule has 0 aliphatic heterocycles. The standard InChI is InChI=1S/C24H8N8/c25-9-19(10-26)17-1-5-21(6-2-17)23(13-29,14-30)24(15-31,16-32)22-7-3-18(4-8-22)20(11-27)12-28/h1-8H/q+2. The molecule has 8 nitrogen and oxygen atoms in total. The SMILES string of the molecule is N#CC(C#N)=C1C=CC(C(C#N)(C#N)C(C#N)(C#N)C2=C[CH+]C(=C(C#N)C#N)C=C2)=C[CH+]1. The first-order chi connectivity index (χ1) is 15.5. The van der Waals surface area contributed by atoms with Crippen molar-refractivity contribution in [3.63, 3.8) is 0 Å². The van der Waals surface area contributed by atoms with Crippen LogP contribution in [0.1, 0.15) is 0 Å². The van der Waals surface area contributed by atoms with Crippen LogP contribution in [0.25, 0.3) is 0 Å². The number of hydrogen-bond acceptors (Lipinski definition) is 8. The van der Waals surface area contributed by atoms with Crippen LogP contribution in [0, 0.1) is 114 Å². The lowest BCUT2D eigenvalue weighted by Gasteiger charge is -2.29. The first kappa shape index (κ1) is 22.4. The lowest BCUT2D eigenvalue weighted by atomic mass is 9.57. The molecule has 0 amide bonds. The van der Waals surface area contributed by atoms with Crippen LogP contribution in [0.2, 0.25) is 0 Å². The van der Waals surface area contributed by atoms with Gasteiger partial charge in [0.2, 0.25) is 22.0 Å². The number of nitriles is 8. The van der Waals surface area contributed by atoms with Gasteiger partial charge in [-0.3, -0.25) is 0 Å². The average Bonchev–Trinajstić information content (AvgIpc) is 2.85. The van der Waals surface area contributed by atoms with Gasteiger partial charge in [-0.2, -0.15) is 42.1 Å². The zero-order valence-corrected chi connectivity index (χ0v) is 16.2. The Kier molecular flexibility index (Phi) is 6.34. The molecule has 0 heterocycles. The van der Waals surface area contributed by atoms with Gasteiger partial charge in [0.1, 0.15) is 35.4 Å². The predicted octanol–water partition coefficient (Wildman–Crippen LogP) is 3.14. The molecular weight excluding hydrogens is 400 g/mol.